The van der Waals surface area contributed by atoms with E-state index in [1.165, 1.54) is 6.92 Å². The van der Waals surface area contributed by atoms with Crippen molar-refractivity contribution in [1.82, 2.24) is 5.32 Å². The zero-order valence-electron chi connectivity index (χ0n) is 18.9. The molecule has 1 amide bonds. The Morgan fingerprint density at radius 2 is 1.64 bits per heavy atom. The smallest absolute Gasteiger partial charge is 0.326 e. The molecule has 0 bridgehead atoms. The molecule has 6 nitrogen and oxygen atoms in total. The summed E-state index contributed by atoms with van der Waals surface area (Å²) < 4.78 is 11.1. The third-order valence-corrected chi connectivity index (χ3v) is 6.46. The van der Waals surface area contributed by atoms with Gasteiger partial charge in [0.25, 0.3) is 0 Å². The van der Waals surface area contributed by atoms with Crippen LogP contribution in [-0.4, -0.2) is 43.0 Å². The summed E-state index contributed by atoms with van der Waals surface area (Å²) in [7, 11) is 3.24. The van der Waals surface area contributed by atoms with Gasteiger partial charge in [-0.15, -0.1) is 0 Å². The van der Waals surface area contributed by atoms with Gasteiger partial charge in [0.15, 0.2) is 0 Å². The summed E-state index contributed by atoms with van der Waals surface area (Å²) >= 11 is 13.1. The molecule has 33 heavy (non-hydrogen) atoms. The number of methoxy groups -OCH3 is 2. The lowest BCUT2D eigenvalue weighted by molar-refractivity contribution is -0.141. The van der Waals surface area contributed by atoms with Gasteiger partial charge in [0, 0.05) is 17.7 Å². The van der Waals surface area contributed by atoms with E-state index >= 15 is 0 Å². The Balaban J connectivity index is 2.29. The molecule has 0 heterocycles. The Bertz CT molecular complexity index is 995. The Hall–Kier alpha value is -2.35. The fourth-order valence-electron chi connectivity index (χ4n) is 3.15. The number of amides is 1. The number of rotatable bonds is 11. The number of carbonyl (C=O) groups excluding carboxylic acids is 1. The van der Waals surface area contributed by atoms with Gasteiger partial charge in [-0.1, -0.05) is 54.4 Å². The molecule has 2 rings (SSSR count). The van der Waals surface area contributed by atoms with Crippen LogP contribution in [0.3, 0.4) is 0 Å². The maximum absolute atomic E-state index is 12.1. The first kappa shape index (κ1) is 26.9. The fraction of sp³-hybridized carbons (Fsp3) is 0.333. The van der Waals surface area contributed by atoms with E-state index in [4.69, 9.17) is 32.7 Å². The van der Waals surface area contributed by atoms with E-state index < -0.39 is 17.9 Å². The number of hydrogen-bond donors (Lipinski definition) is 2. The van der Waals surface area contributed by atoms with Gasteiger partial charge >= 0.3 is 5.97 Å². The van der Waals surface area contributed by atoms with Crippen molar-refractivity contribution in [2.75, 3.05) is 20.0 Å². The Morgan fingerprint density at radius 1 is 1.06 bits per heavy atom. The second-order valence-corrected chi connectivity index (χ2v) is 9.39. The minimum Gasteiger partial charge on any atom is -0.496 e. The van der Waals surface area contributed by atoms with Crippen LogP contribution in [0.4, 0.5) is 0 Å². The first-order valence-corrected chi connectivity index (χ1v) is 12.1. The molecule has 0 radical (unpaired) electrons. The van der Waals surface area contributed by atoms with Gasteiger partial charge in [0.1, 0.15) is 22.0 Å². The van der Waals surface area contributed by atoms with Crippen LogP contribution in [0.15, 0.2) is 46.5 Å². The summed E-state index contributed by atoms with van der Waals surface area (Å²) in [6, 6.07) is 10.2. The van der Waals surface area contributed by atoms with E-state index in [-0.39, 0.29) is 16.5 Å². The SMILES string of the molecule is CCSCc1cc(OC)c(-c2ccc(C[C@H](NC(=O)C(C)=C(Cl)Cl)C(=O)O)cc2)c(OC)c1. The van der Waals surface area contributed by atoms with Gasteiger partial charge in [-0.25, -0.2) is 4.79 Å². The lowest BCUT2D eigenvalue weighted by Gasteiger charge is -2.17. The third-order valence-electron chi connectivity index (χ3n) is 4.95. The molecule has 0 aliphatic rings. The van der Waals surface area contributed by atoms with Gasteiger partial charge in [-0.05, 0) is 41.5 Å². The van der Waals surface area contributed by atoms with Crippen molar-refractivity contribution >= 4 is 46.8 Å². The van der Waals surface area contributed by atoms with Crippen LogP contribution in [0.25, 0.3) is 11.1 Å². The number of nitrogens with one attached hydrogen (secondary N) is 1. The van der Waals surface area contributed by atoms with Gasteiger partial charge in [-0.2, -0.15) is 11.8 Å². The van der Waals surface area contributed by atoms with E-state index in [1.807, 2.05) is 48.2 Å². The minimum atomic E-state index is -1.16. The van der Waals surface area contributed by atoms with E-state index in [0.717, 1.165) is 33.8 Å². The first-order valence-electron chi connectivity index (χ1n) is 10.2. The molecule has 2 N–H and O–H groups in total. The van der Waals surface area contributed by atoms with Crippen molar-refractivity contribution in [3.63, 3.8) is 0 Å². The molecule has 0 saturated carbocycles. The number of halogens is 2. The van der Waals surface area contributed by atoms with Gasteiger partial charge < -0.3 is 19.9 Å². The molecule has 0 unspecified atom stereocenters. The highest BCUT2D eigenvalue weighted by atomic mass is 35.5. The zero-order chi connectivity index (χ0) is 24.5. The number of ether oxygens (including phenoxy) is 2. The lowest BCUT2D eigenvalue weighted by atomic mass is 9.98. The summed E-state index contributed by atoms with van der Waals surface area (Å²) in [4.78, 5) is 23.8. The van der Waals surface area contributed by atoms with Crippen molar-refractivity contribution in [2.24, 2.45) is 0 Å². The topological polar surface area (TPSA) is 84.9 Å². The lowest BCUT2D eigenvalue weighted by Crippen LogP contribution is -2.42. The predicted molar refractivity (Wildman–Crippen MR) is 134 cm³/mol. The molecule has 0 aliphatic heterocycles. The van der Waals surface area contributed by atoms with Gasteiger partial charge in [0.2, 0.25) is 5.91 Å². The highest BCUT2D eigenvalue weighted by Gasteiger charge is 2.22. The fourth-order valence-corrected chi connectivity index (χ4v) is 3.93. The maximum atomic E-state index is 12.1. The van der Waals surface area contributed by atoms with Crippen LogP contribution in [-0.2, 0) is 21.8 Å². The van der Waals surface area contributed by atoms with Crippen molar-refractivity contribution < 1.29 is 24.2 Å². The minimum absolute atomic E-state index is 0.0555. The Morgan fingerprint density at radius 3 is 2.09 bits per heavy atom. The van der Waals surface area contributed by atoms with Crippen molar-refractivity contribution in [3.8, 4) is 22.6 Å². The van der Waals surface area contributed by atoms with Crippen LogP contribution in [0.1, 0.15) is 25.0 Å². The molecule has 9 heteroatoms. The van der Waals surface area contributed by atoms with Crippen LogP contribution >= 0.6 is 35.0 Å². The summed E-state index contributed by atoms with van der Waals surface area (Å²) in [6.45, 7) is 3.53. The molecule has 0 fully saturated rings. The molecule has 0 aromatic heterocycles. The zero-order valence-corrected chi connectivity index (χ0v) is 21.2. The number of carboxylic acid groups (broad SMARTS) is 1. The number of hydrogen-bond acceptors (Lipinski definition) is 5. The second-order valence-electron chi connectivity index (χ2n) is 7.16. The normalized spacial score (nSPS) is 11.5. The molecule has 2 aromatic carbocycles. The molecule has 0 spiro atoms. The Labute approximate surface area is 208 Å². The van der Waals surface area contributed by atoms with Crippen LogP contribution in [0.5, 0.6) is 11.5 Å². The molecule has 2 aromatic rings. The molecular weight excluding hydrogens is 485 g/mol. The quantitative estimate of drug-likeness (QED) is 0.390. The van der Waals surface area contributed by atoms with E-state index in [0.29, 0.717) is 11.5 Å². The monoisotopic (exact) mass is 511 g/mol. The highest BCUT2D eigenvalue weighted by molar-refractivity contribution is 7.98. The van der Waals surface area contributed by atoms with Crippen LogP contribution in [0.2, 0.25) is 0 Å². The summed E-state index contributed by atoms with van der Waals surface area (Å²) in [6.07, 6.45) is 0.0932. The molecule has 178 valence electrons. The largest absolute Gasteiger partial charge is 0.496 e. The third kappa shape index (κ3) is 7.32. The number of benzene rings is 2. The number of carboxylic acids is 1. The second kappa shape index (κ2) is 12.8. The van der Waals surface area contributed by atoms with Crippen LogP contribution in [0, 0.1) is 0 Å². The highest BCUT2D eigenvalue weighted by Crippen LogP contribution is 2.40. The maximum Gasteiger partial charge on any atom is 0.326 e. The van der Waals surface area contributed by atoms with Gasteiger partial charge in [-0.3, -0.25) is 4.79 Å². The summed E-state index contributed by atoms with van der Waals surface area (Å²) in [5.41, 5.74) is 3.58. The summed E-state index contributed by atoms with van der Waals surface area (Å²) in [5, 5.41) is 12.0. The number of aliphatic carboxylic acids is 1. The molecule has 1 atom stereocenters. The van der Waals surface area contributed by atoms with Crippen molar-refractivity contribution in [2.45, 2.75) is 32.1 Å². The van der Waals surface area contributed by atoms with Crippen molar-refractivity contribution in [1.29, 1.82) is 0 Å². The van der Waals surface area contributed by atoms with Crippen LogP contribution < -0.4 is 14.8 Å². The van der Waals surface area contributed by atoms with E-state index in [1.54, 1.807) is 14.2 Å². The standard InChI is InChI=1S/C24H27Cl2NO5S/c1-5-33-13-16-11-19(31-3)21(20(12-16)32-4)17-8-6-15(7-9-17)10-18(24(29)30)27-23(28)14(2)22(25)26/h6-9,11-12,18H,5,10,13H2,1-4H3,(H,27,28)(H,29,30)/t18-/m0/s1. The van der Waals surface area contributed by atoms with Crippen molar-refractivity contribution in [3.05, 3.63) is 57.6 Å². The van der Waals surface area contributed by atoms with E-state index in [9.17, 15) is 14.7 Å². The average Bonchev–Trinajstić information content (AvgIpc) is 2.81. The molecular formula is C24H27Cl2NO5S. The van der Waals surface area contributed by atoms with E-state index in [2.05, 4.69) is 12.2 Å². The number of carbonyl (C=O) groups is 2. The summed E-state index contributed by atoms with van der Waals surface area (Å²) in [5.74, 6) is 1.48. The molecule has 0 aliphatic carbocycles. The predicted octanol–water partition coefficient (Wildman–Crippen LogP) is 5.44. The van der Waals surface area contributed by atoms with Gasteiger partial charge in [0.05, 0.1) is 19.8 Å². The Kier molecular flexibility index (Phi) is 10.4. The number of thioether (sulfide) groups is 1. The molecule has 0 saturated heterocycles. The first-order chi connectivity index (χ1) is 15.7. The average molecular weight is 512 g/mol.